The molecule has 0 aliphatic carbocycles. The number of hydrogen-bond donors (Lipinski definition) is 3. The monoisotopic (exact) mass is 525 g/mol. The Morgan fingerprint density at radius 1 is 1.39 bits per heavy atom. The van der Waals surface area contributed by atoms with Crippen LogP contribution < -0.4 is 16.4 Å². The minimum atomic E-state index is -0.369. The summed E-state index contributed by atoms with van der Waals surface area (Å²) in [6, 6.07) is 4.33. The number of urea groups is 1. The number of rotatable bonds is 5. The van der Waals surface area contributed by atoms with Gasteiger partial charge in [0.05, 0.1) is 6.54 Å². The topological polar surface area (TPSA) is 82.8 Å². The number of primary amides is 1. The van der Waals surface area contributed by atoms with E-state index in [1.807, 2.05) is 20.8 Å². The second-order valence-corrected chi connectivity index (χ2v) is 7.85. The number of carbonyl (C=O) groups excluding carboxylic acids is 1. The number of halogens is 3. The zero-order valence-electron chi connectivity index (χ0n) is 16.6. The summed E-state index contributed by atoms with van der Waals surface area (Å²) in [7, 11) is 0. The van der Waals surface area contributed by atoms with Crippen molar-refractivity contribution in [3.05, 3.63) is 34.6 Å². The molecule has 1 aromatic carbocycles. The maximum Gasteiger partial charge on any atom is 0.314 e. The Balaban J connectivity index is 0.00000392. The van der Waals surface area contributed by atoms with Gasteiger partial charge in [0.15, 0.2) is 5.96 Å². The number of nitrogens with two attached hydrogens (primary N) is 1. The Bertz CT molecular complexity index is 693. The molecule has 1 aromatic rings. The quantitative estimate of drug-likeness (QED) is 0.313. The van der Waals surface area contributed by atoms with Crippen LogP contribution in [-0.2, 0) is 5.41 Å². The normalized spacial score (nSPS) is 15.8. The molecule has 0 aromatic heterocycles. The number of carbonyl (C=O) groups is 1. The first kappa shape index (κ1) is 24.7. The van der Waals surface area contributed by atoms with Gasteiger partial charge >= 0.3 is 6.03 Å². The van der Waals surface area contributed by atoms with Crippen LogP contribution in [0.3, 0.4) is 0 Å². The van der Waals surface area contributed by atoms with Crippen LogP contribution in [-0.4, -0.2) is 49.1 Å². The molecule has 0 unspecified atom stereocenters. The van der Waals surface area contributed by atoms with Crippen molar-refractivity contribution in [3.63, 3.8) is 0 Å². The summed E-state index contributed by atoms with van der Waals surface area (Å²) >= 11 is 6.22. The second kappa shape index (κ2) is 11.0. The van der Waals surface area contributed by atoms with Crippen LogP contribution in [0.15, 0.2) is 23.2 Å². The number of guanidine groups is 1. The van der Waals surface area contributed by atoms with Crippen molar-refractivity contribution in [2.45, 2.75) is 45.1 Å². The van der Waals surface area contributed by atoms with Crippen molar-refractivity contribution in [1.29, 1.82) is 0 Å². The van der Waals surface area contributed by atoms with Gasteiger partial charge in [0.25, 0.3) is 0 Å². The van der Waals surface area contributed by atoms with Crippen molar-refractivity contribution in [2.75, 3.05) is 26.2 Å². The van der Waals surface area contributed by atoms with E-state index in [0.717, 1.165) is 30.9 Å². The predicted molar refractivity (Wildman–Crippen MR) is 123 cm³/mol. The van der Waals surface area contributed by atoms with Crippen molar-refractivity contribution in [1.82, 2.24) is 15.5 Å². The molecule has 28 heavy (non-hydrogen) atoms. The molecule has 0 spiro atoms. The van der Waals surface area contributed by atoms with Crippen LogP contribution in [0.25, 0.3) is 0 Å². The summed E-state index contributed by atoms with van der Waals surface area (Å²) in [6.07, 6.45) is 1.64. The fourth-order valence-corrected chi connectivity index (χ4v) is 3.58. The van der Waals surface area contributed by atoms with E-state index < -0.39 is 0 Å². The Labute approximate surface area is 188 Å². The van der Waals surface area contributed by atoms with Crippen molar-refractivity contribution in [2.24, 2.45) is 10.7 Å². The largest absolute Gasteiger partial charge is 0.357 e. The van der Waals surface area contributed by atoms with Gasteiger partial charge < -0.3 is 21.3 Å². The average Bonchev–Trinajstić information content (AvgIpc) is 2.60. The highest BCUT2D eigenvalue weighted by molar-refractivity contribution is 14.0. The van der Waals surface area contributed by atoms with Gasteiger partial charge in [-0.1, -0.05) is 31.5 Å². The molecule has 2 amide bonds. The molecule has 0 radical (unpaired) electrons. The van der Waals surface area contributed by atoms with E-state index in [4.69, 9.17) is 22.3 Å². The average molecular weight is 526 g/mol. The molecule has 1 saturated heterocycles. The number of benzene rings is 1. The summed E-state index contributed by atoms with van der Waals surface area (Å²) in [5, 5.41) is 7.09. The third-order valence-corrected chi connectivity index (χ3v) is 5.10. The van der Waals surface area contributed by atoms with E-state index in [2.05, 4.69) is 10.6 Å². The zero-order valence-corrected chi connectivity index (χ0v) is 19.7. The van der Waals surface area contributed by atoms with Crippen LogP contribution in [0, 0.1) is 5.82 Å². The number of nitrogens with zero attached hydrogens (tertiary/aromatic N) is 2. The molecule has 1 fully saturated rings. The molecule has 6 nitrogen and oxygen atoms in total. The fourth-order valence-electron chi connectivity index (χ4n) is 3.16. The second-order valence-electron chi connectivity index (χ2n) is 7.45. The van der Waals surface area contributed by atoms with Gasteiger partial charge in [0.1, 0.15) is 5.82 Å². The number of hydrogen-bond acceptors (Lipinski definition) is 2. The van der Waals surface area contributed by atoms with Gasteiger partial charge in [0.2, 0.25) is 0 Å². The molecule has 0 saturated carbocycles. The summed E-state index contributed by atoms with van der Waals surface area (Å²) < 4.78 is 13.3. The Hall–Kier alpha value is -1.29. The van der Waals surface area contributed by atoms with Gasteiger partial charge in [-0.05, 0) is 37.5 Å². The molecule has 1 heterocycles. The number of piperidine rings is 1. The molecular formula is C19H30ClFIN5O. The lowest BCUT2D eigenvalue weighted by Gasteiger charge is -2.32. The predicted octanol–water partition coefficient (Wildman–Crippen LogP) is 3.47. The first-order valence-electron chi connectivity index (χ1n) is 9.27. The molecule has 2 rings (SSSR count). The summed E-state index contributed by atoms with van der Waals surface area (Å²) in [5.41, 5.74) is 5.85. The van der Waals surface area contributed by atoms with Crippen LogP contribution in [0.4, 0.5) is 9.18 Å². The Kier molecular flexibility index (Phi) is 9.76. The van der Waals surface area contributed by atoms with Gasteiger partial charge in [-0.15, -0.1) is 24.0 Å². The van der Waals surface area contributed by atoms with E-state index in [9.17, 15) is 9.18 Å². The molecule has 1 aliphatic heterocycles. The maximum atomic E-state index is 13.3. The van der Waals surface area contributed by atoms with Crippen molar-refractivity contribution < 1.29 is 9.18 Å². The summed E-state index contributed by atoms with van der Waals surface area (Å²) in [6.45, 7) is 8.59. The van der Waals surface area contributed by atoms with E-state index in [1.165, 1.54) is 12.1 Å². The van der Waals surface area contributed by atoms with Crippen molar-refractivity contribution >= 4 is 47.6 Å². The highest BCUT2D eigenvalue weighted by Crippen LogP contribution is 2.30. The van der Waals surface area contributed by atoms with Crippen LogP contribution >= 0.6 is 35.6 Å². The Morgan fingerprint density at radius 3 is 2.57 bits per heavy atom. The molecule has 0 atom stereocenters. The molecule has 0 bridgehead atoms. The van der Waals surface area contributed by atoms with Gasteiger partial charge in [-0.25, -0.2) is 9.18 Å². The first-order chi connectivity index (χ1) is 12.7. The molecule has 1 aliphatic rings. The SMILES string of the molecule is CCNC(=NCC(C)(C)c1ccc(F)cc1Cl)NC1CCN(C(N)=O)CC1.I. The first-order valence-corrected chi connectivity index (χ1v) is 9.65. The van der Waals surface area contributed by atoms with E-state index in [1.54, 1.807) is 11.0 Å². The third kappa shape index (κ3) is 6.95. The standard InChI is InChI=1S/C19H29ClFN5O.HI/c1-4-23-18(25-14-7-9-26(10-8-14)17(22)27)24-12-19(2,3)15-6-5-13(21)11-16(15)20;/h5-6,11,14H,4,7-10,12H2,1-3H3,(H2,22,27)(H2,23,24,25);1H. The minimum Gasteiger partial charge on any atom is -0.357 e. The van der Waals surface area contributed by atoms with Gasteiger partial charge in [-0.3, -0.25) is 4.99 Å². The number of nitrogens with one attached hydrogen (secondary N) is 2. The lowest BCUT2D eigenvalue weighted by Crippen LogP contribution is -2.51. The minimum absolute atomic E-state index is 0. The fraction of sp³-hybridized carbons (Fsp3) is 0.579. The van der Waals surface area contributed by atoms with Crippen LogP contribution in [0.2, 0.25) is 5.02 Å². The lowest BCUT2D eigenvalue weighted by molar-refractivity contribution is 0.188. The number of amides is 2. The van der Waals surface area contributed by atoms with Crippen LogP contribution in [0.5, 0.6) is 0 Å². The molecule has 9 heteroatoms. The smallest absolute Gasteiger partial charge is 0.314 e. The molecular weight excluding hydrogens is 496 g/mol. The van der Waals surface area contributed by atoms with Crippen molar-refractivity contribution in [3.8, 4) is 0 Å². The van der Waals surface area contributed by atoms with Gasteiger partial charge in [-0.2, -0.15) is 0 Å². The number of aliphatic imine (C=N–C) groups is 1. The number of likely N-dealkylation sites (tertiary alicyclic amines) is 1. The maximum absolute atomic E-state index is 13.3. The molecule has 4 N–H and O–H groups in total. The Morgan fingerprint density at radius 2 is 2.04 bits per heavy atom. The molecule has 158 valence electrons. The lowest BCUT2D eigenvalue weighted by atomic mass is 9.84. The third-order valence-electron chi connectivity index (χ3n) is 4.78. The highest BCUT2D eigenvalue weighted by atomic mass is 127. The van der Waals surface area contributed by atoms with E-state index >= 15 is 0 Å². The van der Waals surface area contributed by atoms with E-state index in [0.29, 0.717) is 24.7 Å². The van der Waals surface area contributed by atoms with Gasteiger partial charge in [0, 0.05) is 36.1 Å². The van der Waals surface area contributed by atoms with E-state index in [-0.39, 0.29) is 47.3 Å². The zero-order chi connectivity index (χ0) is 20.0. The van der Waals surface area contributed by atoms with Crippen LogP contribution in [0.1, 0.15) is 39.2 Å². The highest BCUT2D eigenvalue weighted by Gasteiger charge is 2.25. The summed E-state index contributed by atoms with van der Waals surface area (Å²) in [5.74, 6) is 0.377. The summed E-state index contributed by atoms with van der Waals surface area (Å²) in [4.78, 5) is 17.6.